The lowest BCUT2D eigenvalue weighted by atomic mass is 9.94. The van der Waals surface area contributed by atoms with Crippen LogP contribution < -0.4 is 0 Å². The standard InChI is InChI=1S/C16H19NO5/c1-17(2)13-10-12(11-8-6-5-7-9-11)22-16(13,14(18)20-3)15(19)21-4/h5-10,13H,1-4H3. The number of esters is 2. The first-order valence-corrected chi connectivity index (χ1v) is 6.77. The Bertz CT molecular complexity index is 578. The molecule has 1 atom stereocenters. The van der Waals surface area contributed by atoms with Gasteiger partial charge in [-0.05, 0) is 20.2 Å². The zero-order valence-corrected chi connectivity index (χ0v) is 13.0. The fraction of sp³-hybridized carbons (Fsp3) is 0.375. The Morgan fingerprint density at radius 3 is 2.09 bits per heavy atom. The first kappa shape index (κ1) is 16.0. The molecule has 0 amide bonds. The van der Waals surface area contributed by atoms with Gasteiger partial charge in [-0.3, -0.25) is 4.90 Å². The van der Waals surface area contributed by atoms with Gasteiger partial charge in [-0.25, -0.2) is 9.59 Å². The van der Waals surface area contributed by atoms with Gasteiger partial charge in [0, 0.05) is 5.56 Å². The lowest BCUT2D eigenvalue weighted by molar-refractivity contribution is -0.182. The number of hydrogen-bond donors (Lipinski definition) is 0. The maximum Gasteiger partial charge on any atom is 0.364 e. The van der Waals surface area contributed by atoms with Crippen LogP contribution in [0, 0.1) is 0 Å². The van der Waals surface area contributed by atoms with Gasteiger partial charge < -0.3 is 14.2 Å². The molecule has 118 valence electrons. The summed E-state index contributed by atoms with van der Waals surface area (Å²) in [6.07, 6.45) is 1.73. The lowest BCUT2D eigenvalue weighted by Crippen LogP contribution is -2.59. The number of nitrogens with zero attached hydrogens (tertiary/aromatic N) is 1. The molecule has 0 saturated heterocycles. The van der Waals surface area contributed by atoms with Crippen molar-refractivity contribution in [3.8, 4) is 0 Å². The first-order chi connectivity index (χ1) is 10.5. The van der Waals surface area contributed by atoms with Gasteiger partial charge in [0.15, 0.2) is 0 Å². The maximum atomic E-state index is 12.3. The minimum atomic E-state index is -1.86. The summed E-state index contributed by atoms with van der Waals surface area (Å²) in [4.78, 5) is 26.4. The molecule has 0 N–H and O–H groups in total. The summed E-state index contributed by atoms with van der Waals surface area (Å²) in [5, 5.41) is 0. The second-order valence-corrected chi connectivity index (χ2v) is 5.13. The minimum Gasteiger partial charge on any atom is -0.466 e. The van der Waals surface area contributed by atoms with Crippen LogP contribution in [0.4, 0.5) is 0 Å². The van der Waals surface area contributed by atoms with Crippen molar-refractivity contribution in [1.29, 1.82) is 0 Å². The molecule has 6 heteroatoms. The third kappa shape index (κ3) is 2.46. The number of rotatable bonds is 4. The van der Waals surface area contributed by atoms with Gasteiger partial charge in [0.05, 0.1) is 20.3 Å². The van der Waals surface area contributed by atoms with Gasteiger partial charge >= 0.3 is 17.5 Å². The quantitative estimate of drug-likeness (QED) is 0.612. The molecule has 1 aromatic rings. The average Bonchev–Trinajstić information content (AvgIpc) is 2.96. The van der Waals surface area contributed by atoms with Crippen molar-refractivity contribution >= 4 is 17.7 Å². The molecule has 0 spiro atoms. The predicted octanol–water partition coefficient (Wildman–Crippen LogP) is 1.07. The topological polar surface area (TPSA) is 65.1 Å². The van der Waals surface area contributed by atoms with Crippen LogP contribution in [0.3, 0.4) is 0 Å². The summed E-state index contributed by atoms with van der Waals surface area (Å²) in [5.41, 5.74) is -1.10. The van der Waals surface area contributed by atoms with Crippen molar-refractivity contribution in [3.05, 3.63) is 42.0 Å². The molecule has 0 fully saturated rings. The average molecular weight is 305 g/mol. The van der Waals surface area contributed by atoms with E-state index in [2.05, 4.69) is 0 Å². The largest absolute Gasteiger partial charge is 0.466 e. The van der Waals surface area contributed by atoms with E-state index in [0.29, 0.717) is 5.76 Å². The van der Waals surface area contributed by atoms with Crippen LogP contribution in [0.5, 0.6) is 0 Å². The van der Waals surface area contributed by atoms with Crippen molar-refractivity contribution in [3.63, 3.8) is 0 Å². The highest BCUT2D eigenvalue weighted by Crippen LogP contribution is 2.38. The van der Waals surface area contributed by atoms with E-state index >= 15 is 0 Å². The Labute approximate surface area is 129 Å². The highest BCUT2D eigenvalue weighted by atomic mass is 16.6. The molecule has 22 heavy (non-hydrogen) atoms. The minimum absolute atomic E-state index is 0.440. The molecule has 1 aliphatic rings. The molecule has 0 bridgehead atoms. The number of likely N-dealkylation sites (N-methyl/N-ethyl adjacent to an activating group) is 1. The maximum absolute atomic E-state index is 12.3. The number of ether oxygens (including phenoxy) is 3. The molecule has 1 unspecified atom stereocenters. The summed E-state index contributed by atoms with van der Waals surface area (Å²) in [5.74, 6) is -1.14. The third-order valence-corrected chi connectivity index (χ3v) is 3.59. The molecule has 1 aromatic carbocycles. The van der Waals surface area contributed by atoms with E-state index in [-0.39, 0.29) is 0 Å². The summed E-state index contributed by atoms with van der Waals surface area (Å²) in [6.45, 7) is 0. The van der Waals surface area contributed by atoms with E-state index in [0.717, 1.165) is 5.56 Å². The van der Waals surface area contributed by atoms with Crippen LogP contribution in [0.2, 0.25) is 0 Å². The van der Waals surface area contributed by atoms with Crippen molar-refractivity contribution in [2.75, 3.05) is 28.3 Å². The molecule has 6 nitrogen and oxygen atoms in total. The van der Waals surface area contributed by atoms with Gasteiger partial charge in [0.2, 0.25) is 0 Å². The third-order valence-electron chi connectivity index (χ3n) is 3.59. The normalized spacial score (nSPS) is 19.3. The van der Waals surface area contributed by atoms with Crippen molar-refractivity contribution in [2.24, 2.45) is 0 Å². The molecular weight excluding hydrogens is 286 g/mol. The van der Waals surface area contributed by atoms with Crippen LogP contribution in [-0.4, -0.2) is 56.8 Å². The molecule has 0 aliphatic carbocycles. The smallest absolute Gasteiger partial charge is 0.364 e. The Kier molecular flexibility index (Phi) is 4.51. The van der Waals surface area contributed by atoms with Gasteiger partial charge in [-0.1, -0.05) is 30.3 Å². The van der Waals surface area contributed by atoms with Crippen molar-refractivity contribution in [1.82, 2.24) is 4.90 Å². The Morgan fingerprint density at radius 2 is 1.64 bits per heavy atom. The van der Waals surface area contributed by atoms with E-state index in [1.54, 1.807) is 25.1 Å². The van der Waals surface area contributed by atoms with Gasteiger partial charge in [-0.2, -0.15) is 0 Å². The van der Waals surface area contributed by atoms with E-state index in [9.17, 15) is 9.59 Å². The van der Waals surface area contributed by atoms with Crippen LogP contribution >= 0.6 is 0 Å². The first-order valence-electron chi connectivity index (χ1n) is 6.77. The van der Waals surface area contributed by atoms with E-state index in [1.807, 2.05) is 30.3 Å². The fourth-order valence-corrected chi connectivity index (χ4v) is 2.51. The van der Waals surface area contributed by atoms with Crippen LogP contribution in [0.15, 0.2) is 36.4 Å². The summed E-state index contributed by atoms with van der Waals surface area (Å²) in [7, 11) is 5.92. The highest BCUT2D eigenvalue weighted by molar-refractivity contribution is 6.07. The number of carbonyl (C=O) groups excluding carboxylic acids is 2. The van der Waals surface area contributed by atoms with Crippen LogP contribution in [0.1, 0.15) is 5.56 Å². The molecule has 1 aliphatic heterocycles. The van der Waals surface area contributed by atoms with Gasteiger partial charge in [0.1, 0.15) is 5.76 Å². The zero-order valence-electron chi connectivity index (χ0n) is 13.0. The van der Waals surface area contributed by atoms with E-state index in [1.165, 1.54) is 14.2 Å². The fourth-order valence-electron chi connectivity index (χ4n) is 2.51. The Balaban J connectivity index is 2.51. The summed E-state index contributed by atoms with van der Waals surface area (Å²) >= 11 is 0. The Morgan fingerprint density at radius 1 is 1.09 bits per heavy atom. The van der Waals surface area contributed by atoms with E-state index < -0.39 is 23.6 Å². The summed E-state index contributed by atoms with van der Waals surface area (Å²) in [6, 6.07) is 8.60. The van der Waals surface area contributed by atoms with Crippen LogP contribution in [-0.2, 0) is 23.8 Å². The van der Waals surface area contributed by atoms with Crippen LogP contribution in [0.25, 0.3) is 5.76 Å². The molecule has 2 rings (SSSR count). The number of benzene rings is 1. The molecule has 0 aromatic heterocycles. The molecule has 0 radical (unpaired) electrons. The molecular formula is C16H19NO5. The molecule has 0 saturated carbocycles. The lowest BCUT2D eigenvalue weighted by Gasteiger charge is -2.32. The number of methoxy groups -OCH3 is 2. The highest BCUT2D eigenvalue weighted by Gasteiger charge is 2.61. The van der Waals surface area contributed by atoms with Crippen molar-refractivity contribution < 1.29 is 23.8 Å². The SMILES string of the molecule is COC(=O)C1(C(=O)OC)OC(c2ccccc2)=CC1N(C)C. The van der Waals surface area contributed by atoms with Gasteiger partial charge in [-0.15, -0.1) is 0 Å². The summed E-state index contributed by atoms with van der Waals surface area (Å²) < 4.78 is 15.4. The second-order valence-electron chi connectivity index (χ2n) is 5.13. The van der Waals surface area contributed by atoms with E-state index in [4.69, 9.17) is 14.2 Å². The monoisotopic (exact) mass is 305 g/mol. The molecule has 1 heterocycles. The number of hydrogen-bond acceptors (Lipinski definition) is 6. The van der Waals surface area contributed by atoms with Gasteiger partial charge in [0.25, 0.3) is 0 Å². The predicted molar refractivity (Wildman–Crippen MR) is 79.7 cm³/mol. The zero-order chi connectivity index (χ0) is 16.3. The number of carbonyl (C=O) groups is 2. The van der Waals surface area contributed by atoms with Crippen molar-refractivity contribution in [2.45, 2.75) is 11.6 Å². The Hall–Kier alpha value is -2.34. The second kappa shape index (κ2) is 6.19.